The minimum atomic E-state index is -0.576. The minimum Gasteiger partial charge on any atom is -0.486 e. The van der Waals surface area contributed by atoms with Gasteiger partial charge in [0.25, 0.3) is 0 Å². The molecule has 0 aliphatic carbocycles. The van der Waals surface area contributed by atoms with E-state index in [9.17, 15) is 9.59 Å². The smallest absolute Gasteiger partial charge is 0.305 e. The summed E-state index contributed by atoms with van der Waals surface area (Å²) in [5.41, 5.74) is 5.29. The first kappa shape index (κ1) is 19.8. The summed E-state index contributed by atoms with van der Waals surface area (Å²) >= 11 is 11.8. The molecule has 0 aliphatic heterocycles. The Kier molecular flexibility index (Phi) is 6.57. The van der Waals surface area contributed by atoms with E-state index in [1.165, 1.54) is 6.07 Å². The predicted octanol–water partition coefficient (Wildman–Crippen LogP) is 4.17. The summed E-state index contributed by atoms with van der Waals surface area (Å²) < 4.78 is 11.0. The SMILES string of the molecule is O=C(Cc1ccc(Cl)c(Cl)c1)NNC(=O)c1ccc(COc2ccccc2)o1. The van der Waals surface area contributed by atoms with Crippen LogP contribution in [-0.2, 0) is 17.8 Å². The van der Waals surface area contributed by atoms with Gasteiger partial charge in [0.2, 0.25) is 5.91 Å². The Morgan fingerprint density at radius 2 is 1.71 bits per heavy atom. The molecule has 6 nitrogen and oxygen atoms in total. The molecule has 8 heteroatoms. The number of hydrogen-bond acceptors (Lipinski definition) is 4. The molecule has 0 atom stereocenters. The fourth-order valence-corrected chi connectivity index (χ4v) is 2.64. The number of hydrogen-bond donors (Lipinski definition) is 2. The average molecular weight is 419 g/mol. The van der Waals surface area contributed by atoms with Crippen molar-refractivity contribution in [2.75, 3.05) is 0 Å². The van der Waals surface area contributed by atoms with Crippen molar-refractivity contribution in [2.24, 2.45) is 0 Å². The number of amides is 2. The van der Waals surface area contributed by atoms with E-state index in [1.807, 2.05) is 30.3 Å². The quantitative estimate of drug-likeness (QED) is 0.588. The largest absolute Gasteiger partial charge is 0.486 e. The van der Waals surface area contributed by atoms with Crippen molar-refractivity contribution in [3.8, 4) is 5.75 Å². The zero-order chi connectivity index (χ0) is 19.9. The lowest BCUT2D eigenvalue weighted by atomic mass is 10.1. The van der Waals surface area contributed by atoms with Gasteiger partial charge in [-0.3, -0.25) is 20.4 Å². The van der Waals surface area contributed by atoms with Gasteiger partial charge < -0.3 is 9.15 Å². The Hall–Kier alpha value is -2.96. The molecule has 28 heavy (non-hydrogen) atoms. The van der Waals surface area contributed by atoms with Gasteiger partial charge in [0.15, 0.2) is 5.76 Å². The maximum absolute atomic E-state index is 12.1. The minimum absolute atomic E-state index is 0.0332. The first-order chi connectivity index (χ1) is 13.5. The maximum Gasteiger partial charge on any atom is 0.305 e. The van der Waals surface area contributed by atoms with Crippen molar-refractivity contribution < 1.29 is 18.7 Å². The highest BCUT2D eigenvalue weighted by Crippen LogP contribution is 2.22. The van der Waals surface area contributed by atoms with Crippen LogP contribution in [0.15, 0.2) is 65.1 Å². The van der Waals surface area contributed by atoms with E-state index in [4.69, 9.17) is 32.4 Å². The fraction of sp³-hybridized carbons (Fsp3) is 0.100. The Labute approximate surface area is 171 Å². The van der Waals surface area contributed by atoms with Crippen LogP contribution in [0, 0.1) is 0 Å². The number of carbonyl (C=O) groups excluding carboxylic acids is 2. The zero-order valence-electron chi connectivity index (χ0n) is 14.6. The van der Waals surface area contributed by atoms with Crippen molar-refractivity contribution >= 4 is 35.0 Å². The van der Waals surface area contributed by atoms with E-state index >= 15 is 0 Å². The third-order valence-electron chi connectivity index (χ3n) is 3.67. The number of para-hydroxylation sites is 1. The molecule has 2 aromatic carbocycles. The first-order valence-electron chi connectivity index (χ1n) is 8.31. The van der Waals surface area contributed by atoms with Crippen molar-refractivity contribution in [1.82, 2.24) is 10.9 Å². The Bertz CT molecular complexity index is 973. The maximum atomic E-state index is 12.1. The normalized spacial score (nSPS) is 10.4. The molecule has 0 bridgehead atoms. The molecule has 1 aromatic heterocycles. The van der Waals surface area contributed by atoms with E-state index in [1.54, 1.807) is 24.3 Å². The average Bonchev–Trinajstić information content (AvgIpc) is 3.17. The van der Waals surface area contributed by atoms with Crippen LogP contribution in [0.4, 0.5) is 0 Å². The summed E-state index contributed by atoms with van der Waals surface area (Å²) in [6.07, 6.45) is 0.0332. The molecule has 3 rings (SSSR count). The third-order valence-corrected chi connectivity index (χ3v) is 4.41. The molecule has 0 saturated heterocycles. The van der Waals surface area contributed by atoms with E-state index < -0.39 is 11.8 Å². The topological polar surface area (TPSA) is 80.6 Å². The monoisotopic (exact) mass is 418 g/mol. The highest BCUT2D eigenvalue weighted by atomic mass is 35.5. The Morgan fingerprint density at radius 3 is 2.46 bits per heavy atom. The van der Waals surface area contributed by atoms with Gasteiger partial charge in [-0.15, -0.1) is 0 Å². The summed E-state index contributed by atoms with van der Waals surface area (Å²) in [4.78, 5) is 24.0. The van der Waals surface area contributed by atoms with Gasteiger partial charge in [0, 0.05) is 0 Å². The van der Waals surface area contributed by atoms with Gasteiger partial charge in [-0.1, -0.05) is 47.5 Å². The summed E-state index contributed by atoms with van der Waals surface area (Å²) in [5, 5.41) is 0.765. The number of ether oxygens (including phenoxy) is 1. The number of rotatable bonds is 6. The highest BCUT2D eigenvalue weighted by molar-refractivity contribution is 6.42. The second-order valence-corrected chi connectivity index (χ2v) is 6.61. The van der Waals surface area contributed by atoms with Gasteiger partial charge in [-0.25, -0.2) is 0 Å². The molecule has 144 valence electrons. The molecular formula is C20H16Cl2N2O4. The summed E-state index contributed by atoms with van der Waals surface area (Å²) in [5.74, 6) is 0.247. The number of carbonyl (C=O) groups is 2. The number of halogens is 2. The van der Waals surface area contributed by atoms with Crippen LogP contribution in [0.25, 0.3) is 0 Å². The predicted molar refractivity (Wildman–Crippen MR) is 105 cm³/mol. The second-order valence-electron chi connectivity index (χ2n) is 5.80. The van der Waals surface area contributed by atoms with Crippen LogP contribution in [-0.4, -0.2) is 11.8 Å². The van der Waals surface area contributed by atoms with Gasteiger partial charge in [-0.05, 0) is 42.0 Å². The first-order valence-corrected chi connectivity index (χ1v) is 9.06. The third kappa shape index (κ3) is 5.52. The van der Waals surface area contributed by atoms with Crippen molar-refractivity contribution in [1.29, 1.82) is 0 Å². The van der Waals surface area contributed by atoms with Crippen LogP contribution < -0.4 is 15.6 Å². The molecule has 0 spiro atoms. The molecular weight excluding hydrogens is 403 g/mol. The van der Waals surface area contributed by atoms with E-state index in [0.29, 0.717) is 27.1 Å². The molecule has 3 aromatic rings. The standard InChI is InChI=1S/C20H16Cl2N2O4/c21-16-8-6-13(10-17(16)22)11-19(25)23-24-20(26)18-9-7-15(28-18)12-27-14-4-2-1-3-5-14/h1-10H,11-12H2,(H,23,25)(H,24,26). The van der Waals surface area contributed by atoms with E-state index in [0.717, 1.165) is 0 Å². The molecule has 0 radical (unpaired) electrons. The molecule has 1 heterocycles. The summed E-state index contributed by atoms with van der Waals surface area (Å²) in [6, 6.07) is 17.3. The van der Waals surface area contributed by atoms with Crippen molar-refractivity contribution in [3.63, 3.8) is 0 Å². The lowest BCUT2D eigenvalue weighted by molar-refractivity contribution is -0.121. The molecule has 0 unspecified atom stereocenters. The number of furan rings is 1. The second kappa shape index (κ2) is 9.30. The van der Waals surface area contributed by atoms with Gasteiger partial charge in [-0.2, -0.15) is 0 Å². The van der Waals surface area contributed by atoms with Crippen LogP contribution >= 0.6 is 23.2 Å². The molecule has 0 aliphatic rings. The Morgan fingerprint density at radius 1 is 0.929 bits per heavy atom. The zero-order valence-corrected chi connectivity index (χ0v) is 16.1. The van der Waals surface area contributed by atoms with E-state index in [-0.39, 0.29) is 18.8 Å². The van der Waals surface area contributed by atoms with Gasteiger partial charge in [0.05, 0.1) is 16.5 Å². The van der Waals surface area contributed by atoms with Crippen molar-refractivity contribution in [3.05, 3.63) is 87.8 Å². The highest BCUT2D eigenvalue weighted by Gasteiger charge is 2.13. The van der Waals surface area contributed by atoms with Gasteiger partial charge >= 0.3 is 5.91 Å². The summed E-state index contributed by atoms with van der Waals surface area (Å²) in [7, 11) is 0. The van der Waals surface area contributed by atoms with Crippen LogP contribution in [0.3, 0.4) is 0 Å². The molecule has 2 amide bonds. The Balaban J connectivity index is 1.47. The molecule has 2 N–H and O–H groups in total. The summed E-state index contributed by atoms with van der Waals surface area (Å²) in [6.45, 7) is 0.182. The lowest BCUT2D eigenvalue weighted by Gasteiger charge is -2.07. The molecule has 0 saturated carbocycles. The number of benzene rings is 2. The van der Waals surface area contributed by atoms with Crippen molar-refractivity contribution in [2.45, 2.75) is 13.0 Å². The van der Waals surface area contributed by atoms with E-state index in [2.05, 4.69) is 10.9 Å². The van der Waals surface area contributed by atoms with Crippen LogP contribution in [0.5, 0.6) is 5.75 Å². The number of hydrazine groups is 1. The molecule has 0 fully saturated rings. The number of nitrogens with one attached hydrogen (secondary N) is 2. The lowest BCUT2D eigenvalue weighted by Crippen LogP contribution is -2.42. The fourth-order valence-electron chi connectivity index (χ4n) is 2.32. The van der Waals surface area contributed by atoms with Crippen LogP contribution in [0.1, 0.15) is 21.9 Å². The van der Waals surface area contributed by atoms with Crippen LogP contribution in [0.2, 0.25) is 10.0 Å². The van der Waals surface area contributed by atoms with Gasteiger partial charge in [0.1, 0.15) is 18.1 Å².